The normalized spacial score (nSPS) is 13.6. The molecule has 0 saturated carbocycles. The predicted molar refractivity (Wildman–Crippen MR) is 347 cm³/mol. The van der Waals surface area contributed by atoms with Crippen molar-refractivity contribution in [3.05, 3.63) is 163 Å². The molecule has 0 atom stereocenters. The van der Waals surface area contributed by atoms with Crippen LogP contribution < -0.4 is 5.32 Å². The highest BCUT2D eigenvalue weighted by Gasteiger charge is 2.21. The monoisotopic (exact) mass is 1180 g/mol. The Morgan fingerprint density at radius 2 is 1.10 bits per heavy atom. The number of aromatic amines is 4. The largest absolute Gasteiger partial charge is 0.358 e. The van der Waals surface area contributed by atoms with Gasteiger partial charge in [-0.05, 0) is 199 Å². The van der Waals surface area contributed by atoms with Gasteiger partial charge >= 0.3 is 0 Å². The molecule has 0 unspecified atom stereocenters. The summed E-state index contributed by atoms with van der Waals surface area (Å²) in [7, 11) is 0. The van der Waals surface area contributed by atoms with Crippen LogP contribution in [-0.2, 0) is 12.8 Å². The van der Waals surface area contributed by atoms with Crippen LogP contribution in [0.15, 0.2) is 135 Å². The van der Waals surface area contributed by atoms with E-state index in [9.17, 15) is 8.78 Å². The van der Waals surface area contributed by atoms with E-state index in [-0.39, 0.29) is 11.6 Å². The summed E-state index contributed by atoms with van der Waals surface area (Å²) in [4.78, 5) is 48.8. The number of anilines is 1. The van der Waals surface area contributed by atoms with Crippen molar-refractivity contribution in [1.82, 2.24) is 80.0 Å². The molecule has 2 aliphatic rings. The van der Waals surface area contributed by atoms with Gasteiger partial charge in [-0.15, -0.1) is 0 Å². The van der Waals surface area contributed by atoms with Crippen LogP contribution in [0.5, 0.6) is 0 Å². The highest BCUT2D eigenvalue weighted by molar-refractivity contribution is 5.98. The minimum atomic E-state index is -0.264. The van der Waals surface area contributed by atoms with Crippen LogP contribution in [0.3, 0.4) is 0 Å². The maximum absolute atomic E-state index is 14.9. The Morgan fingerprint density at radius 3 is 1.64 bits per heavy atom. The average Bonchev–Trinajstić information content (AvgIpc) is 2.13. The van der Waals surface area contributed by atoms with E-state index in [2.05, 4.69) is 109 Å². The number of halogens is 2. The lowest BCUT2D eigenvalue weighted by Gasteiger charge is -2.14. The molecule has 2 saturated heterocycles. The summed E-state index contributed by atoms with van der Waals surface area (Å²) in [5, 5.41) is 20.1. The number of hydrogen-bond donors (Lipinski definition) is 5. The number of fused-ring (bicyclic) bond motifs is 4. The Kier molecular flexibility index (Phi) is 17.8. The first-order valence-electron chi connectivity index (χ1n) is 30.8. The summed E-state index contributed by atoms with van der Waals surface area (Å²) in [6.45, 7) is 21.3. The molecule has 12 heterocycles. The second kappa shape index (κ2) is 26.7. The van der Waals surface area contributed by atoms with Crippen molar-refractivity contribution in [2.75, 3.05) is 44.6 Å². The third-order valence-corrected chi connectivity index (χ3v) is 16.2. The number of H-pyrrole nitrogens is 4. The molecule has 2 aliphatic heterocycles. The SMILES string of the molecule is C=C(CC(C)C)Nc1cncc(-c2cnc3n[nH]c(-c4nc5c(-c6cc(F)cc(CCCN7CCCC7)c6)nccc5[nH]4)c3c2)c1.CC.Cc1ccncc1-c1cnc2n[nH]c(-c3nc4c(-c5cc(F)cc(CCCN6CCCC6)c5)nccc4[nH]3)c2c1. The molecule has 10 aromatic heterocycles. The molecule has 2 fully saturated rings. The second-order valence-corrected chi connectivity index (χ2v) is 23.2. The standard InChI is InChI=1S/C36H38FN9.C31H29FN8.C2H6/c1-22(2)13-23(3)41-29-17-26(19-38-21-29)27-18-30-33(44-45-35(30)40-20-27)36-42-31-8-9-39-32(34(31)43-36)25-14-24(15-28(37)16-25)7-6-12-46-10-4-5-11-46;1-19-6-8-33-18-25(19)22-16-24-28(38-39-30(24)35-17-22)31-36-26-7-9-34-27(29(26)37-31)21-13-20(14-23(32)15-21)5-4-12-40-10-2-3-11-40;1-2/h8-9,14-22,41H,3-7,10-13H2,1-2H3,(H,42,43)(H,40,44,45);6-9,13-18H,2-5,10-12H2,1H3,(H,36,37)(H,35,38,39);1-2H3. The fourth-order valence-electron chi connectivity index (χ4n) is 12.1. The number of aromatic nitrogens is 14. The zero-order valence-electron chi connectivity index (χ0n) is 50.6. The second-order valence-electron chi connectivity index (χ2n) is 23.2. The van der Waals surface area contributed by atoms with E-state index >= 15 is 0 Å². The van der Waals surface area contributed by atoms with Crippen LogP contribution >= 0.6 is 0 Å². The molecule has 448 valence electrons. The Hall–Kier alpha value is -9.46. The zero-order chi connectivity index (χ0) is 60.7. The van der Waals surface area contributed by atoms with Gasteiger partial charge in [0, 0.05) is 82.5 Å². The van der Waals surface area contributed by atoms with Crippen molar-refractivity contribution >= 4 is 49.8 Å². The van der Waals surface area contributed by atoms with Crippen LogP contribution in [-0.4, -0.2) is 119 Å². The topological polar surface area (TPSA) is 211 Å². The minimum Gasteiger partial charge on any atom is -0.358 e. The van der Waals surface area contributed by atoms with Crippen molar-refractivity contribution in [3.63, 3.8) is 0 Å². The first-order valence-corrected chi connectivity index (χ1v) is 30.8. The van der Waals surface area contributed by atoms with Gasteiger partial charge in [0.1, 0.15) is 34.1 Å². The van der Waals surface area contributed by atoms with E-state index in [0.29, 0.717) is 57.0 Å². The first-order chi connectivity index (χ1) is 43.0. The Labute approximate surface area is 510 Å². The van der Waals surface area contributed by atoms with E-state index in [4.69, 9.17) is 9.97 Å². The van der Waals surface area contributed by atoms with Gasteiger partial charge in [0.15, 0.2) is 22.9 Å². The number of aryl methyl sites for hydroxylation is 3. The van der Waals surface area contributed by atoms with Crippen LogP contribution in [0.1, 0.15) is 89.3 Å². The molecule has 14 rings (SSSR count). The molecule has 2 aromatic carbocycles. The van der Waals surface area contributed by atoms with Crippen LogP contribution in [0.2, 0.25) is 0 Å². The number of likely N-dealkylation sites (tertiary alicyclic amines) is 2. The van der Waals surface area contributed by atoms with Crippen molar-refractivity contribution in [1.29, 1.82) is 0 Å². The highest BCUT2D eigenvalue weighted by atomic mass is 19.1. The third kappa shape index (κ3) is 13.3. The summed E-state index contributed by atoms with van der Waals surface area (Å²) in [5.41, 5.74) is 17.0. The predicted octanol–water partition coefficient (Wildman–Crippen LogP) is 14.9. The van der Waals surface area contributed by atoms with Crippen molar-refractivity contribution < 1.29 is 8.78 Å². The Bertz CT molecular complexity index is 4410. The summed E-state index contributed by atoms with van der Waals surface area (Å²) >= 11 is 0. The quantitative estimate of drug-likeness (QED) is 0.0542. The Morgan fingerprint density at radius 1 is 0.580 bits per heavy atom. The average molecular weight is 1180 g/mol. The lowest BCUT2D eigenvalue weighted by Crippen LogP contribution is -2.20. The van der Waals surface area contributed by atoms with Gasteiger partial charge in [-0.1, -0.05) is 34.3 Å². The van der Waals surface area contributed by atoms with Gasteiger partial charge in [-0.2, -0.15) is 10.2 Å². The van der Waals surface area contributed by atoms with Gasteiger partial charge in [0.25, 0.3) is 0 Å². The van der Waals surface area contributed by atoms with E-state index in [1.165, 1.54) is 64.0 Å². The van der Waals surface area contributed by atoms with Crippen LogP contribution in [0.25, 0.3) is 112 Å². The lowest BCUT2D eigenvalue weighted by molar-refractivity contribution is 0.334. The summed E-state index contributed by atoms with van der Waals surface area (Å²) in [5.74, 6) is 1.21. The van der Waals surface area contributed by atoms with Crippen molar-refractivity contribution in [3.8, 4) is 67.8 Å². The molecule has 0 amide bonds. The molecule has 88 heavy (non-hydrogen) atoms. The number of nitrogens with one attached hydrogen (secondary N) is 5. The summed E-state index contributed by atoms with van der Waals surface area (Å²) in [6.07, 6.45) is 23.9. The molecule has 5 N–H and O–H groups in total. The van der Waals surface area contributed by atoms with E-state index in [1.807, 2.05) is 74.9 Å². The first kappa shape index (κ1) is 58.9. The molecule has 0 bridgehead atoms. The van der Waals surface area contributed by atoms with Gasteiger partial charge in [-0.3, -0.25) is 30.1 Å². The zero-order valence-corrected chi connectivity index (χ0v) is 50.6. The number of hydrogen-bond acceptors (Lipinski definition) is 13. The molecular weight excluding hydrogens is 1100 g/mol. The molecule has 0 aliphatic carbocycles. The van der Waals surface area contributed by atoms with E-state index < -0.39 is 0 Å². The number of imidazole rings is 2. The maximum Gasteiger partial charge on any atom is 0.181 e. The molecule has 17 nitrogen and oxygen atoms in total. The van der Waals surface area contributed by atoms with Crippen LogP contribution in [0.4, 0.5) is 14.5 Å². The van der Waals surface area contributed by atoms with Crippen molar-refractivity contribution in [2.24, 2.45) is 5.92 Å². The van der Waals surface area contributed by atoms with Crippen molar-refractivity contribution in [2.45, 2.75) is 92.4 Å². The van der Waals surface area contributed by atoms with Gasteiger partial charge in [0.05, 0.1) is 45.1 Å². The number of rotatable bonds is 18. The minimum absolute atomic E-state index is 0.257. The van der Waals surface area contributed by atoms with Gasteiger partial charge < -0.3 is 25.1 Å². The number of allylic oxidation sites excluding steroid dienone is 1. The highest BCUT2D eigenvalue weighted by Crippen LogP contribution is 2.36. The molecule has 0 spiro atoms. The molecule has 12 aromatic rings. The smallest absolute Gasteiger partial charge is 0.181 e. The maximum atomic E-state index is 14.9. The number of pyridine rings is 6. The van der Waals surface area contributed by atoms with E-state index in [0.717, 1.165) is 134 Å². The van der Waals surface area contributed by atoms with Crippen LogP contribution in [0, 0.1) is 24.5 Å². The Balaban J connectivity index is 0.000000168. The fourth-order valence-corrected chi connectivity index (χ4v) is 12.1. The lowest BCUT2D eigenvalue weighted by atomic mass is 10.0. The number of benzene rings is 2. The third-order valence-electron chi connectivity index (χ3n) is 16.2. The van der Waals surface area contributed by atoms with Gasteiger partial charge in [0.2, 0.25) is 0 Å². The molecular formula is C69H73F2N17. The summed E-state index contributed by atoms with van der Waals surface area (Å²) in [6, 6.07) is 22.3. The molecule has 0 radical (unpaired) electrons. The fraction of sp³-hybridized carbons (Fsp3) is 0.304. The number of nitrogens with zero attached hydrogens (tertiary/aromatic N) is 12. The van der Waals surface area contributed by atoms with E-state index in [1.54, 1.807) is 43.1 Å². The van der Waals surface area contributed by atoms with Gasteiger partial charge in [-0.25, -0.2) is 28.7 Å². The molecule has 19 heteroatoms. The summed E-state index contributed by atoms with van der Waals surface area (Å²) < 4.78 is 29.6.